The van der Waals surface area contributed by atoms with Gasteiger partial charge in [0, 0.05) is 48.2 Å². The standard InChI is InChI=1S/C25H18N2O4/c1-15-10-18(30-25(29)16-6-5-9-26-13-16)12-21-23(15)24(28)22(31-21)11-17-14-27(2)20-8-4-3-7-19(17)20/h3-14H,1-2H3/b22-11-. The van der Waals surface area contributed by atoms with Crippen LogP contribution in [0.4, 0.5) is 0 Å². The first kappa shape index (κ1) is 18.8. The number of carbonyl (C=O) groups is 2. The quantitative estimate of drug-likeness (QED) is 0.278. The lowest BCUT2D eigenvalue weighted by Crippen LogP contribution is -2.09. The van der Waals surface area contributed by atoms with E-state index in [0.717, 1.165) is 16.5 Å². The van der Waals surface area contributed by atoms with Crippen molar-refractivity contribution in [1.82, 2.24) is 9.55 Å². The number of allylic oxidation sites excluding steroid dienone is 1. The van der Waals surface area contributed by atoms with Gasteiger partial charge in [0.25, 0.3) is 0 Å². The molecule has 152 valence electrons. The first-order valence-corrected chi connectivity index (χ1v) is 9.76. The van der Waals surface area contributed by atoms with E-state index in [2.05, 4.69) is 4.98 Å². The van der Waals surface area contributed by atoms with E-state index in [1.165, 1.54) is 6.20 Å². The monoisotopic (exact) mass is 410 g/mol. The number of hydrogen-bond donors (Lipinski definition) is 0. The van der Waals surface area contributed by atoms with E-state index in [-0.39, 0.29) is 11.5 Å². The molecule has 0 saturated carbocycles. The Labute approximate surface area is 178 Å². The number of aromatic nitrogens is 2. The number of carbonyl (C=O) groups excluding carboxylic acids is 2. The number of benzene rings is 2. The Morgan fingerprint density at radius 1 is 1.16 bits per heavy atom. The van der Waals surface area contributed by atoms with Gasteiger partial charge in [0.15, 0.2) is 5.76 Å². The van der Waals surface area contributed by atoms with Gasteiger partial charge in [-0.05, 0) is 42.8 Å². The average Bonchev–Trinajstić information content (AvgIpc) is 3.26. The molecule has 6 heteroatoms. The van der Waals surface area contributed by atoms with E-state index < -0.39 is 5.97 Å². The molecule has 0 amide bonds. The van der Waals surface area contributed by atoms with Crippen molar-refractivity contribution < 1.29 is 19.1 Å². The number of hydrogen-bond acceptors (Lipinski definition) is 5. The van der Waals surface area contributed by atoms with Crippen molar-refractivity contribution in [2.75, 3.05) is 0 Å². The number of pyridine rings is 1. The van der Waals surface area contributed by atoms with Gasteiger partial charge in [0.2, 0.25) is 5.78 Å². The van der Waals surface area contributed by atoms with Crippen LogP contribution in [0.5, 0.6) is 11.5 Å². The Hall–Kier alpha value is -4.19. The first-order chi connectivity index (χ1) is 15.0. The fourth-order valence-corrected chi connectivity index (χ4v) is 3.82. The molecule has 31 heavy (non-hydrogen) atoms. The highest BCUT2D eigenvalue weighted by atomic mass is 16.5. The maximum atomic E-state index is 13.0. The van der Waals surface area contributed by atoms with Crippen molar-refractivity contribution in [3.05, 3.63) is 95.1 Å². The molecular formula is C25H18N2O4. The summed E-state index contributed by atoms with van der Waals surface area (Å²) >= 11 is 0. The minimum Gasteiger partial charge on any atom is -0.452 e. The van der Waals surface area contributed by atoms with Crippen LogP contribution in [0.25, 0.3) is 17.0 Å². The van der Waals surface area contributed by atoms with E-state index in [1.54, 1.807) is 43.5 Å². The van der Waals surface area contributed by atoms with Gasteiger partial charge >= 0.3 is 5.97 Å². The molecule has 0 atom stereocenters. The van der Waals surface area contributed by atoms with Crippen LogP contribution in [0, 0.1) is 6.92 Å². The number of para-hydroxylation sites is 1. The molecule has 4 aromatic rings. The van der Waals surface area contributed by atoms with Gasteiger partial charge in [-0.25, -0.2) is 4.79 Å². The molecular weight excluding hydrogens is 392 g/mol. The third-order valence-electron chi connectivity index (χ3n) is 5.27. The maximum absolute atomic E-state index is 13.0. The summed E-state index contributed by atoms with van der Waals surface area (Å²) in [6, 6.07) is 14.5. The van der Waals surface area contributed by atoms with Gasteiger partial charge in [-0.1, -0.05) is 18.2 Å². The Morgan fingerprint density at radius 2 is 2.00 bits per heavy atom. The van der Waals surface area contributed by atoms with Crippen LogP contribution >= 0.6 is 0 Å². The lowest BCUT2D eigenvalue weighted by molar-refractivity contribution is 0.0734. The minimum absolute atomic E-state index is 0.189. The van der Waals surface area contributed by atoms with E-state index in [0.29, 0.717) is 28.2 Å². The summed E-state index contributed by atoms with van der Waals surface area (Å²) in [4.78, 5) is 29.3. The fraction of sp³-hybridized carbons (Fsp3) is 0.0800. The fourth-order valence-electron chi connectivity index (χ4n) is 3.82. The van der Waals surface area contributed by atoms with E-state index >= 15 is 0 Å². The molecule has 0 saturated heterocycles. The van der Waals surface area contributed by atoms with Crippen molar-refractivity contribution in [2.45, 2.75) is 6.92 Å². The molecule has 6 nitrogen and oxygen atoms in total. The number of esters is 1. The van der Waals surface area contributed by atoms with Gasteiger partial charge < -0.3 is 14.0 Å². The normalized spacial score (nSPS) is 14.0. The number of nitrogens with zero attached hydrogens (tertiary/aromatic N) is 2. The number of ketones is 1. The topological polar surface area (TPSA) is 70.4 Å². The molecule has 0 N–H and O–H groups in total. The summed E-state index contributed by atoms with van der Waals surface area (Å²) in [7, 11) is 1.96. The van der Waals surface area contributed by atoms with Crippen molar-refractivity contribution in [3.63, 3.8) is 0 Å². The molecule has 0 bridgehead atoms. The predicted molar refractivity (Wildman–Crippen MR) is 116 cm³/mol. The SMILES string of the molecule is Cc1cc(OC(=O)c2cccnc2)cc2c1C(=O)/C(=C/c1cn(C)c3ccccc13)O2. The van der Waals surface area contributed by atoms with Crippen LogP contribution in [0.1, 0.15) is 31.8 Å². The Kier molecular flexibility index (Phi) is 4.40. The van der Waals surface area contributed by atoms with Crippen molar-refractivity contribution in [2.24, 2.45) is 7.05 Å². The van der Waals surface area contributed by atoms with Crippen LogP contribution in [-0.2, 0) is 7.05 Å². The number of rotatable bonds is 3. The van der Waals surface area contributed by atoms with Crippen LogP contribution < -0.4 is 9.47 Å². The molecule has 0 fully saturated rings. The first-order valence-electron chi connectivity index (χ1n) is 9.76. The molecule has 1 aliphatic rings. The van der Waals surface area contributed by atoms with Crippen molar-refractivity contribution in [1.29, 1.82) is 0 Å². The largest absolute Gasteiger partial charge is 0.452 e. The van der Waals surface area contributed by atoms with E-state index in [9.17, 15) is 9.59 Å². The summed E-state index contributed by atoms with van der Waals surface area (Å²) < 4.78 is 13.4. The lowest BCUT2D eigenvalue weighted by atomic mass is 10.0. The van der Waals surface area contributed by atoms with Gasteiger partial charge in [-0.15, -0.1) is 0 Å². The van der Waals surface area contributed by atoms with Crippen LogP contribution in [-0.4, -0.2) is 21.3 Å². The summed E-state index contributed by atoms with van der Waals surface area (Å²) in [5.74, 6) is 0.217. The highest BCUT2D eigenvalue weighted by Gasteiger charge is 2.30. The second-order valence-electron chi connectivity index (χ2n) is 7.40. The molecule has 0 unspecified atom stereocenters. The van der Waals surface area contributed by atoms with E-state index in [4.69, 9.17) is 9.47 Å². The zero-order valence-electron chi connectivity index (χ0n) is 17.0. The molecule has 0 spiro atoms. The molecule has 5 rings (SSSR count). The number of Topliss-reactive ketones (excluding diaryl/α,β-unsaturated/α-hetero) is 1. The summed E-state index contributed by atoms with van der Waals surface area (Å²) in [6.07, 6.45) is 6.74. The summed E-state index contributed by atoms with van der Waals surface area (Å²) in [5.41, 5.74) is 3.47. The lowest BCUT2D eigenvalue weighted by Gasteiger charge is -2.07. The van der Waals surface area contributed by atoms with Gasteiger partial charge in [-0.2, -0.15) is 0 Å². The molecule has 0 radical (unpaired) electrons. The molecule has 2 aromatic carbocycles. The van der Waals surface area contributed by atoms with Gasteiger partial charge in [0.1, 0.15) is 11.5 Å². The summed E-state index contributed by atoms with van der Waals surface area (Å²) in [6.45, 7) is 1.79. The highest BCUT2D eigenvalue weighted by molar-refractivity contribution is 6.16. The molecule has 2 aromatic heterocycles. The number of fused-ring (bicyclic) bond motifs is 2. The maximum Gasteiger partial charge on any atom is 0.345 e. The second kappa shape index (κ2) is 7.25. The third-order valence-corrected chi connectivity index (χ3v) is 5.27. The second-order valence-corrected chi connectivity index (χ2v) is 7.40. The Morgan fingerprint density at radius 3 is 2.81 bits per heavy atom. The van der Waals surface area contributed by atoms with Crippen LogP contribution in [0.3, 0.4) is 0 Å². The van der Waals surface area contributed by atoms with Gasteiger partial charge in [0.05, 0.1) is 11.1 Å². The highest BCUT2D eigenvalue weighted by Crippen LogP contribution is 2.38. The predicted octanol–water partition coefficient (Wildman–Crippen LogP) is 4.72. The zero-order valence-corrected chi connectivity index (χ0v) is 17.0. The van der Waals surface area contributed by atoms with Crippen molar-refractivity contribution >= 4 is 28.7 Å². The van der Waals surface area contributed by atoms with Crippen LogP contribution in [0.2, 0.25) is 0 Å². The minimum atomic E-state index is -0.525. The summed E-state index contributed by atoms with van der Waals surface area (Å²) in [5, 5.41) is 1.03. The molecule has 3 heterocycles. The Bertz CT molecular complexity index is 1380. The van der Waals surface area contributed by atoms with Crippen LogP contribution in [0.15, 0.2) is 72.9 Å². The van der Waals surface area contributed by atoms with E-state index in [1.807, 2.05) is 42.1 Å². The third kappa shape index (κ3) is 3.28. The average molecular weight is 410 g/mol. The number of aryl methyl sites for hydroxylation is 2. The smallest absolute Gasteiger partial charge is 0.345 e. The zero-order chi connectivity index (χ0) is 21.5. The molecule has 0 aliphatic carbocycles. The van der Waals surface area contributed by atoms with Crippen molar-refractivity contribution in [3.8, 4) is 11.5 Å². The Balaban J connectivity index is 1.47. The van der Waals surface area contributed by atoms with Gasteiger partial charge in [-0.3, -0.25) is 9.78 Å². The molecule has 1 aliphatic heterocycles. The number of ether oxygens (including phenoxy) is 2.